The highest BCUT2D eigenvalue weighted by atomic mass is 16.5. The Morgan fingerprint density at radius 3 is 2.14 bits per heavy atom. The van der Waals surface area contributed by atoms with Gasteiger partial charge in [0.15, 0.2) is 0 Å². The molecule has 5 rings (SSSR count). The molecule has 2 saturated carbocycles. The fourth-order valence-corrected chi connectivity index (χ4v) is 5.77. The predicted octanol–water partition coefficient (Wildman–Crippen LogP) is 4.45. The molecule has 0 heterocycles. The Balaban J connectivity index is 1.21. The van der Waals surface area contributed by atoms with Gasteiger partial charge in [0.1, 0.15) is 12.6 Å². The van der Waals surface area contributed by atoms with Gasteiger partial charge in [-0.2, -0.15) is 0 Å². The maximum absolute atomic E-state index is 13.1. The molecule has 0 aliphatic heterocycles. The van der Waals surface area contributed by atoms with Crippen molar-refractivity contribution in [3.05, 3.63) is 59.7 Å². The first-order valence-electron chi connectivity index (χ1n) is 12.7. The molecule has 1 unspecified atom stereocenters. The molecule has 2 amide bonds. The number of carbonyl (C=O) groups excluding carboxylic acids is 2. The van der Waals surface area contributed by atoms with Gasteiger partial charge in [-0.15, -0.1) is 0 Å². The topological polar surface area (TPSA) is 105 Å². The third-order valence-electron chi connectivity index (χ3n) is 7.89. The molecular weight excluding hydrogens is 444 g/mol. The molecule has 3 aliphatic rings. The average molecular weight is 477 g/mol. The minimum Gasteiger partial charge on any atom is -0.481 e. The maximum Gasteiger partial charge on any atom is 0.407 e. The van der Waals surface area contributed by atoms with Crippen molar-refractivity contribution in [3.63, 3.8) is 0 Å². The van der Waals surface area contributed by atoms with Crippen LogP contribution in [0.4, 0.5) is 4.79 Å². The fourth-order valence-electron chi connectivity index (χ4n) is 5.77. The smallest absolute Gasteiger partial charge is 0.407 e. The third-order valence-corrected chi connectivity index (χ3v) is 7.89. The second-order valence-corrected chi connectivity index (χ2v) is 10.0. The summed E-state index contributed by atoms with van der Waals surface area (Å²) in [6.07, 6.45) is 4.81. The number of carbonyl (C=O) groups is 3. The van der Waals surface area contributed by atoms with Crippen LogP contribution in [0.3, 0.4) is 0 Å². The molecule has 2 fully saturated rings. The van der Waals surface area contributed by atoms with Crippen LogP contribution in [-0.2, 0) is 14.3 Å². The molecular formula is C28H32N2O5. The molecule has 184 valence electrons. The minimum atomic E-state index is -0.809. The number of benzene rings is 2. The van der Waals surface area contributed by atoms with Gasteiger partial charge in [-0.05, 0) is 60.3 Å². The fraction of sp³-hybridized carbons (Fsp3) is 0.464. The molecule has 35 heavy (non-hydrogen) atoms. The first-order valence-corrected chi connectivity index (χ1v) is 12.7. The number of ether oxygens (including phenoxy) is 1. The van der Waals surface area contributed by atoms with Crippen LogP contribution in [0.5, 0.6) is 0 Å². The van der Waals surface area contributed by atoms with Crippen molar-refractivity contribution in [2.24, 2.45) is 11.8 Å². The van der Waals surface area contributed by atoms with Crippen LogP contribution < -0.4 is 10.6 Å². The lowest BCUT2D eigenvalue weighted by atomic mass is 9.79. The van der Waals surface area contributed by atoms with Gasteiger partial charge in [-0.3, -0.25) is 9.59 Å². The molecule has 0 saturated heterocycles. The Kier molecular flexibility index (Phi) is 6.75. The number of fused-ring (bicyclic) bond motifs is 3. The molecule has 2 aromatic carbocycles. The largest absolute Gasteiger partial charge is 0.481 e. The second kappa shape index (κ2) is 10.1. The SMILES string of the molecule is O=C(NC(C(=O)N[C@@H]1CCC[C@@H](C(=O)O)C1)C1CCC1)OCC1c2ccccc2-c2ccccc21. The maximum atomic E-state index is 13.1. The standard InChI is InChI=1S/C28H32N2O5/c31-26(29-19-10-6-9-18(15-19)27(32)33)25(17-7-5-8-17)30-28(34)35-16-24-22-13-3-1-11-20(22)21-12-2-4-14-23(21)24/h1-4,11-14,17-19,24-25H,5-10,15-16H2,(H,29,31)(H,30,34)(H,32,33)/t18-,19-,25?/m1/s1. The van der Waals surface area contributed by atoms with Crippen molar-refractivity contribution in [1.29, 1.82) is 0 Å². The van der Waals surface area contributed by atoms with E-state index in [2.05, 4.69) is 34.9 Å². The highest BCUT2D eigenvalue weighted by Crippen LogP contribution is 2.44. The Labute approximate surface area is 205 Å². The zero-order valence-electron chi connectivity index (χ0n) is 19.7. The minimum absolute atomic E-state index is 0.0423. The lowest BCUT2D eigenvalue weighted by Crippen LogP contribution is -2.55. The van der Waals surface area contributed by atoms with Crippen LogP contribution in [0.1, 0.15) is 62.0 Å². The van der Waals surface area contributed by atoms with Gasteiger partial charge in [0.05, 0.1) is 5.92 Å². The van der Waals surface area contributed by atoms with Crippen molar-refractivity contribution in [2.45, 2.75) is 62.9 Å². The van der Waals surface area contributed by atoms with E-state index in [0.717, 1.165) is 54.4 Å². The van der Waals surface area contributed by atoms with Crippen LogP contribution in [0.2, 0.25) is 0 Å². The van der Waals surface area contributed by atoms with E-state index >= 15 is 0 Å². The van der Waals surface area contributed by atoms with Gasteiger partial charge in [0, 0.05) is 12.0 Å². The number of amides is 2. The lowest BCUT2D eigenvalue weighted by molar-refractivity contribution is -0.143. The summed E-state index contributed by atoms with van der Waals surface area (Å²) in [5.74, 6) is -1.43. The summed E-state index contributed by atoms with van der Waals surface area (Å²) >= 11 is 0. The van der Waals surface area contributed by atoms with Crippen molar-refractivity contribution in [3.8, 4) is 11.1 Å². The number of hydrogen-bond donors (Lipinski definition) is 3. The summed E-state index contributed by atoms with van der Waals surface area (Å²) < 4.78 is 5.67. The molecule has 0 spiro atoms. The van der Waals surface area contributed by atoms with Crippen LogP contribution in [0.15, 0.2) is 48.5 Å². The zero-order chi connectivity index (χ0) is 24.4. The van der Waals surface area contributed by atoms with E-state index in [9.17, 15) is 19.5 Å². The summed E-state index contributed by atoms with van der Waals surface area (Å²) in [5, 5.41) is 15.2. The number of alkyl carbamates (subject to hydrolysis) is 1. The monoisotopic (exact) mass is 476 g/mol. The summed E-state index contributed by atoms with van der Waals surface area (Å²) in [7, 11) is 0. The Morgan fingerprint density at radius 2 is 1.54 bits per heavy atom. The van der Waals surface area contributed by atoms with Gasteiger partial charge in [0.25, 0.3) is 0 Å². The molecule has 0 aromatic heterocycles. The van der Waals surface area contributed by atoms with Crippen LogP contribution in [0.25, 0.3) is 11.1 Å². The van der Waals surface area contributed by atoms with E-state index in [4.69, 9.17) is 4.74 Å². The molecule has 0 radical (unpaired) electrons. The number of aliphatic carboxylic acids is 1. The molecule has 3 atom stereocenters. The van der Waals surface area contributed by atoms with Crippen LogP contribution in [-0.4, -0.2) is 41.8 Å². The van der Waals surface area contributed by atoms with Crippen molar-refractivity contribution < 1.29 is 24.2 Å². The van der Waals surface area contributed by atoms with Crippen molar-refractivity contribution in [2.75, 3.05) is 6.61 Å². The highest BCUT2D eigenvalue weighted by Gasteiger charge is 2.37. The van der Waals surface area contributed by atoms with Gasteiger partial charge in [-0.25, -0.2) is 4.79 Å². The quantitative estimate of drug-likeness (QED) is 0.548. The lowest BCUT2D eigenvalue weighted by Gasteiger charge is -2.35. The Bertz CT molecular complexity index is 1070. The first-order chi connectivity index (χ1) is 17.0. The van der Waals surface area contributed by atoms with E-state index in [1.807, 2.05) is 24.3 Å². The molecule has 2 aromatic rings. The average Bonchev–Trinajstić information content (AvgIpc) is 3.15. The number of carboxylic acids is 1. The van der Waals surface area contributed by atoms with E-state index in [-0.39, 0.29) is 30.4 Å². The zero-order valence-corrected chi connectivity index (χ0v) is 19.7. The number of nitrogens with one attached hydrogen (secondary N) is 2. The highest BCUT2D eigenvalue weighted by molar-refractivity contribution is 5.86. The second-order valence-electron chi connectivity index (χ2n) is 10.0. The van der Waals surface area contributed by atoms with E-state index in [1.54, 1.807) is 0 Å². The van der Waals surface area contributed by atoms with Crippen LogP contribution >= 0.6 is 0 Å². The van der Waals surface area contributed by atoms with E-state index < -0.39 is 24.0 Å². The summed E-state index contributed by atoms with van der Waals surface area (Å²) in [6, 6.07) is 15.5. The number of carboxylic acid groups (broad SMARTS) is 1. The van der Waals surface area contributed by atoms with Gasteiger partial charge in [0.2, 0.25) is 5.91 Å². The third kappa shape index (κ3) is 4.90. The molecule has 0 bridgehead atoms. The molecule has 3 N–H and O–H groups in total. The molecule has 7 heteroatoms. The molecule has 7 nitrogen and oxygen atoms in total. The van der Waals surface area contributed by atoms with Gasteiger partial charge >= 0.3 is 12.1 Å². The van der Waals surface area contributed by atoms with E-state index in [1.165, 1.54) is 0 Å². The van der Waals surface area contributed by atoms with Crippen LogP contribution in [0, 0.1) is 11.8 Å². The van der Waals surface area contributed by atoms with Crippen molar-refractivity contribution in [1.82, 2.24) is 10.6 Å². The number of rotatable bonds is 7. The Morgan fingerprint density at radius 1 is 0.914 bits per heavy atom. The van der Waals surface area contributed by atoms with E-state index in [0.29, 0.717) is 12.8 Å². The normalized spacial score (nSPS) is 22.3. The summed E-state index contributed by atoms with van der Waals surface area (Å²) in [4.78, 5) is 37.3. The predicted molar refractivity (Wildman–Crippen MR) is 131 cm³/mol. The molecule has 3 aliphatic carbocycles. The Hall–Kier alpha value is -3.35. The summed E-state index contributed by atoms with van der Waals surface area (Å²) in [6.45, 7) is 0.196. The first kappa shape index (κ1) is 23.4. The van der Waals surface area contributed by atoms with Gasteiger partial charge < -0.3 is 20.5 Å². The van der Waals surface area contributed by atoms with Gasteiger partial charge in [-0.1, -0.05) is 61.4 Å². The summed E-state index contributed by atoms with van der Waals surface area (Å²) in [5.41, 5.74) is 4.60. The number of hydrogen-bond acceptors (Lipinski definition) is 4. The van der Waals surface area contributed by atoms with Crippen molar-refractivity contribution >= 4 is 18.0 Å².